The van der Waals surface area contributed by atoms with E-state index in [0.717, 1.165) is 37.5 Å². The second-order valence-corrected chi connectivity index (χ2v) is 11.3. The number of nitrogens with zero attached hydrogens (tertiary/aromatic N) is 3. The fourth-order valence-corrected chi connectivity index (χ4v) is 6.40. The molecule has 1 amide bonds. The molecule has 1 fully saturated rings. The van der Waals surface area contributed by atoms with E-state index in [1.165, 1.54) is 22.6 Å². The highest BCUT2D eigenvalue weighted by Crippen LogP contribution is 2.41. The third-order valence-corrected chi connectivity index (χ3v) is 8.72. The summed E-state index contributed by atoms with van der Waals surface area (Å²) in [7, 11) is 2.14. The van der Waals surface area contributed by atoms with Gasteiger partial charge in [-0.2, -0.15) is 0 Å². The average molecular weight is 601 g/mol. The first-order chi connectivity index (χ1) is 20.4. The molecule has 0 spiro atoms. The number of aromatic hydroxyl groups is 1. The first kappa shape index (κ1) is 28.8. The standard InChI is InChI=1S/C34H30F2N4O2.ClH/c1-39-16-14-21(15-17-39)20-6-8-22(9-7-20)25-12-10-23-19-40(34(42)30(23)31(25)36)32(26-18-24(35)11-13-29(26)41)33-37-27-4-2-3-5-28(27)38-33;/h2-13,18,21,32,41H,14-17,19H2,1H3,(H,37,38);1H. The van der Waals surface area contributed by atoms with Gasteiger partial charge in [0.05, 0.1) is 16.6 Å². The number of piperidine rings is 1. The maximum absolute atomic E-state index is 16.2. The molecule has 9 heteroatoms. The third-order valence-electron chi connectivity index (χ3n) is 8.72. The number of nitrogens with one attached hydrogen (secondary N) is 1. The molecule has 0 saturated carbocycles. The van der Waals surface area contributed by atoms with Crippen molar-refractivity contribution in [1.29, 1.82) is 0 Å². The Bertz CT molecular complexity index is 1780. The number of carbonyl (C=O) groups excluding carboxylic acids is 1. The second kappa shape index (κ2) is 11.4. The van der Waals surface area contributed by atoms with E-state index < -0.39 is 23.6 Å². The summed E-state index contributed by atoms with van der Waals surface area (Å²) in [4.78, 5) is 25.6. The van der Waals surface area contributed by atoms with Gasteiger partial charge in [-0.15, -0.1) is 12.4 Å². The van der Waals surface area contributed by atoms with Crippen LogP contribution in [-0.2, 0) is 6.54 Å². The van der Waals surface area contributed by atoms with Crippen molar-refractivity contribution in [3.8, 4) is 16.9 Å². The van der Waals surface area contributed by atoms with Crippen LogP contribution in [0, 0.1) is 11.6 Å². The number of phenolic OH excluding ortho intramolecular Hbond substituents is 1. The summed E-state index contributed by atoms with van der Waals surface area (Å²) >= 11 is 0. The van der Waals surface area contributed by atoms with Crippen molar-refractivity contribution in [3.63, 3.8) is 0 Å². The number of benzene rings is 4. The molecule has 3 heterocycles. The quantitative estimate of drug-likeness (QED) is 0.224. The maximum Gasteiger partial charge on any atom is 0.258 e. The molecule has 2 aliphatic heterocycles. The summed E-state index contributed by atoms with van der Waals surface area (Å²) in [6, 6.07) is 21.5. The largest absolute Gasteiger partial charge is 0.508 e. The van der Waals surface area contributed by atoms with Gasteiger partial charge >= 0.3 is 0 Å². The lowest BCUT2D eigenvalue weighted by molar-refractivity contribution is 0.0720. The SMILES string of the molecule is CN1CCC(c2ccc(-c3ccc4c(c3F)C(=O)N(C(c3nc5ccccc5[nH]3)c3cc(F)ccc3O)C4)cc2)CC1.Cl. The Morgan fingerprint density at radius 2 is 1.72 bits per heavy atom. The molecule has 0 bridgehead atoms. The molecule has 43 heavy (non-hydrogen) atoms. The van der Waals surface area contributed by atoms with Gasteiger partial charge in [0.1, 0.15) is 29.3 Å². The highest BCUT2D eigenvalue weighted by Gasteiger charge is 2.39. The lowest BCUT2D eigenvalue weighted by atomic mass is 9.88. The number of phenols is 1. The van der Waals surface area contributed by atoms with E-state index in [9.17, 15) is 14.3 Å². The van der Waals surface area contributed by atoms with E-state index in [-0.39, 0.29) is 35.8 Å². The normalized spacial score (nSPS) is 16.3. The van der Waals surface area contributed by atoms with Crippen molar-refractivity contribution in [2.24, 2.45) is 0 Å². The summed E-state index contributed by atoms with van der Waals surface area (Å²) in [5.41, 5.74) is 4.39. The fraction of sp³-hybridized carbons (Fsp3) is 0.235. The summed E-state index contributed by atoms with van der Waals surface area (Å²) < 4.78 is 30.6. The number of fused-ring (bicyclic) bond motifs is 2. The van der Waals surface area contributed by atoms with E-state index >= 15 is 4.39 Å². The highest BCUT2D eigenvalue weighted by atomic mass is 35.5. The molecule has 1 aromatic heterocycles. The lowest BCUT2D eigenvalue weighted by Crippen LogP contribution is -2.31. The fourth-order valence-electron chi connectivity index (χ4n) is 6.40. The van der Waals surface area contributed by atoms with Crippen LogP contribution < -0.4 is 0 Å². The molecule has 0 aliphatic carbocycles. The van der Waals surface area contributed by atoms with E-state index in [2.05, 4.69) is 34.0 Å². The molecular formula is C34H31ClF2N4O2. The first-order valence-electron chi connectivity index (χ1n) is 14.2. The van der Waals surface area contributed by atoms with Gasteiger partial charge in [-0.05, 0) is 85.9 Å². The number of aromatic amines is 1. The lowest BCUT2D eigenvalue weighted by Gasteiger charge is -2.29. The molecule has 1 atom stereocenters. The number of hydrogen-bond donors (Lipinski definition) is 2. The molecule has 1 saturated heterocycles. The van der Waals surface area contributed by atoms with Crippen LogP contribution in [0.3, 0.4) is 0 Å². The van der Waals surface area contributed by atoms with E-state index in [1.54, 1.807) is 12.1 Å². The maximum atomic E-state index is 16.2. The van der Waals surface area contributed by atoms with Crippen LogP contribution in [0.15, 0.2) is 78.9 Å². The van der Waals surface area contributed by atoms with Crippen molar-refractivity contribution in [3.05, 3.63) is 119 Å². The summed E-state index contributed by atoms with van der Waals surface area (Å²) in [6.07, 6.45) is 2.20. The van der Waals surface area contributed by atoms with Crippen molar-refractivity contribution >= 4 is 29.3 Å². The van der Waals surface area contributed by atoms with Crippen molar-refractivity contribution in [2.45, 2.75) is 31.3 Å². The summed E-state index contributed by atoms with van der Waals surface area (Å²) in [6.45, 7) is 2.21. The Morgan fingerprint density at radius 1 is 0.977 bits per heavy atom. The van der Waals surface area contributed by atoms with Crippen molar-refractivity contribution in [2.75, 3.05) is 20.1 Å². The van der Waals surface area contributed by atoms with Crippen LogP contribution >= 0.6 is 12.4 Å². The topological polar surface area (TPSA) is 72.5 Å². The zero-order chi connectivity index (χ0) is 29.0. The molecule has 1 unspecified atom stereocenters. The number of H-pyrrole nitrogens is 1. The van der Waals surface area contributed by atoms with Gasteiger partial charge in [0, 0.05) is 17.7 Å². The van der Waals surface area contributed by atoms with Gasteiger partial charge in [0.15, 0.2) is 0 Å². The number of rotatable bonds is 5. The third kappa shape index (κ3) is 5.15. The van der Waals surface area contributed by atoms with Crippen LogP contribution in [-0.4, -0.2) is 50.9 Å². The zero-order valence-electron chi connectivity index (χ0n) is 23.6. The first-order valence-corrected chi connectivity index (χ1v) is 14.2. The summed E-state index contributed by atoms with van der Waals surface area (Å²) in [5.74, 6) is -1.03. The second-order valence-electron chi connectivity index (χ2n) is 11.3. The van der Waals surface area contributed by atoms with Gasteiger partial charge in [-0.1, -0.05) is 48.5 Å². The Kier molecular flexibility index (Phi) is 7.66. The molecular weight excluding hydrogens is 570 g/mol. The van der Waals surface area contributed by atoms with Crippen molar-refractivity contribution < 1.29 is 18.7 Å². The molecule has 4 aromatic carbocycles. The number of hydrogen-bond acceptors (Lipinski definition) is 4. The summed E-state index contributed by atoms with van der Waals surface area (Å²) in [5, 5.41) is 10.8. The number of imidazole rings is 1. The van der Waals surface area contributed by atoms with Crippen LogP contribution in [0.5, 0.6) is 5.75 Å². The van der Waals surface area contributed by atoms with Gasteiger partial charge in [0.2, 0.25) is 0 Å². The van der Waals surface area contributed by atoms with E-state index in [4.69, 9.17) is 0 Å². The molecule has 0 radical (unpaired) electrons. The van der Waals surface area contributed by atoms with Gasteiger partial charge in [-0.3, -0.25) is 4.79 Å². The monoisotopic (exact) mass is 600 g/mol. The minimum absolute atomic E-state index is 0. The van der Waals surface area contributed by atoms with Crippen LogP contribution in [0.1, 0.15) is 57.7 Å². The number of halogens is 3. The number of likely N-dealkylation sites (tertiary alicyclic amines) is 1. The zero-order valence-corrected chi connectivity index (χ0v) is 24.4. The van der Waals surface area contributed by atoms with Crippen molar-refractivity contribution in [1.82, 2.24) is 19.8 Å². The average Bonchev–Trinajstić information content (AvgIpc) is 3.57. The Balaban J connectivity index is 0.00000329. The number of carbonyl (C=O) groups is 1. The smallest absolute Gasteiger partial charge is 0.258 e. The molecule has 5 aromatic rings. The van der Waals surface area contributed by atoms with Gasteiger partial charge < -0.3 is 19.9 Å². The van der Waals surface area contributed by atoms with E-state index in [0.29, 0.717) is 33.9 Å². The molecule has 7 rings (SSSR count). The van der Waals surface area contributed by atoms with E-state index in [1.807, 2.05) is 36.4 Å². The highest BCUT2D eigenvalue weighted by molar-refractivity contribution is 6.00. The number of amides is 1. The minimum Gasteiger partial charge on any atom is -0.508 e. The molecule has 220 valence electrons. The Hall–Kier alpha value is -4.27. The van der Waals surface area contributed by atoms with Crippen LogP contribution in [0.4, 0.5) is 8.78 Å². The molecule has 2 N–H and O–H groups in total. The number of aromatic nitrogens is 2. The predicted octanol–water partition coefficient (Wildman–Crippen LogP) is 7.19. The van der Waals surface area contributed by atoms with Crippen LogP contribution in [0.25, 0.3) is 22.2 Å². The molecule has 6 nitrogen and oxygen atoms in total. The van der Waals surface area contributed by atoms with Crippen LogP contribution in [0.2, 0.25) is 0 Å². The number of para-hydroxylation sites is 2. The minimum atomic E-state index is -0.968. The Labute approximate surface area is 254 Å². The van der Waals surface area contributed by atoms with Gasteiger partial charge in [-0.25, -0.2) is 13.8 Å². The van der Waals surface area contributed by atoms with Gasteiger partial charge in [0.25, 0.3) is 5.91 Å². The Morgan fingerprint density at radius 3 is 2.47 bits per heavy atom. The predicted molar refractivity (Wildman–Crippen MR) is 164 cm³/mol. The molecule has 2 aliphatic rings.